The van der Waals surface area contributed by atoms with Crippen LogP contribution in [0.2, 0.25) is 0 Å². The number of rotatable bonds is 1. The van der Waals surface area contributed by atoms with Gasteiger partial charge in [-0.15, -0.1) is 0 Å². The van der Waals surface area contributed by atoms with Crippen LogP contribution in [0.15, 0.2) is 0 Å². The van der Waals surface area contributed by atoms with E-state index in [2.05, 4.69) is 34.6 Å². The van der Waals surface area contributed by atoms with Gasteiger partial charge in [-0.2, -0.15) is 0 Å². The van der Waals surface area contributed by atoms with Gasteiger partial charge in [0, 0.05) is 23.7 Å². The molecule has 2 saturated carbocycles. The zero-order valence-corrected chi connectivity index (χ0v) is 14.3. The van der Waals surface area contributed by atoms with Gasteiger partial charge < -0.3 is 9.47 Å². The summed E-state index contributed by atoms with van der Waals surface area (Å²) in [5, 5.41) is 0. The van der Waals surface area contributed by atoms with E-state index in [0.717, 1.165) is 32.1 Å². The number of fused-ring (bicyclic) bond motifs is 1. The standard InChI is InChI=1S/C18H30O3/c1-13(2)17-8-6-7-14(19)16(17,5)9-10-18(15(17,3)4)20-11-12-21-18/h13H,6-12H2,1-5H3. The molecule has 0 amide bonds. The van der Waals surface area contributed by atoms with Gasteiger partial charge in [0.15, 0.2) is 5.79 Å². The molecule has 1 aliphatic heterocycles. The molecule has 2 atom stereocenters. The molecule has 0 aromatic rings. The summed E-state index contributed by atoms with van der Waals surface area (Å²) in [5.41, 5.74) is -0.435. The van der Waals surface area contributed by atoms with Crippen LogP contribution >= 0.6 is 0 Å². The van der Waals surface area contributed by atoms with Crippen LogP contribution in [0, 0.1) is 22.2 Å². The molecule has 0 aromatic heterocycles. The van der Waals surface area contributed by atoms with Gasteiger partial charge >= 0.3 is 0 Å². The van der Waals surface area contributed by atoms with Crippen molar-refractivity contribution in [2.45, 2.75) is 72.5 Å². The molecule has 3 heteroatoms. The number of hydrogen-bond donors (Lipinski definition) is 0. The van der Waals surface area contributed by atoms with Crippen molar-refractivity contribution in [3.05, 3.63) is 0 Å². The Morgan fingerprint density at radius 1 is 1.00 bits per heavy atom. The molecule has 3 nitrogen and oxygen atoms in total. The smallest absolute Gasteiger partial charge is 0.174 e. The minimum atomic E-state index is -0.492. The van der Waals surface area contributed by atoms with E-state index in [1.54, 1.807) is 0 Å². The van der Waals surface area contributed by atoms with Crippen molar-refractivity contribution in [3.8, 4) is 0 Å². The molecule has 120 valence electrons. The Bertz CT molecular complexity index is 447. The third kappa shape index (κ3) is 1.60. The Morgan fingerprint density at radius 2 is 1.62 bits per heavy atom. The lowest BCUT2D eigenvalue weighted by atomic mass is 9.37. The third-order valence-corrected chi connectivity index (χ3v) is 7.34. The maximum Gasteiger partial charge on any atom is 0.174 e. The Balaban J connectivity index is 2.18. The van der Waals surface area contributed by atoms with Crippen molar-refractivity contribution in [3.63, 3.8) is 0 Å². The number of carbonyl (C=O) groups excluding carboxylic acids is 1. The van der Waals surface area contributed by atoms with E-state index in [4.69, 9.17) is 9.47 Å². The monoisotopic (exact) mass is 294 g/mol. The van der Waals surface area contributed by atoms with Gasteiger partial charge in [0.1, 0.15) is 5.78 Å². The van der Waals surface area contributed by atoms with E-state index < -0.39 is 5.79 Å². The normalized spacial score (nSPS) is 41.5. The third-order valence-electron chi connectivity index (χ3n) is 7.34. The predicted octanol–water partition coefficient (Wildman–Crippen LogP) is 3.95. The van der Waals surface area contributed by atoms with Crippen molar-refractivity contribution >= 4 is 5.78 Å². The van der Waals surface area contributed by atoms with Crippen molar-refractivity contribution < 1.29 is 14.3 Å². The first-order chi connectivity index (χ1) is 9.74. The Kier molecular flexibility index (Phi) is 3.35. The molecule has 1 heterocycles. The highest BCUT2D eigenvalue weighted by Gasteiger charge is 2.72. The maximum atomic E-state index is 12.9. The number of carbonyl (C=O) groups is 1. The summed E-state index contributed by atoms with van der Waals surface area (Å²) < 4.78 is 12.3. The minimum absolute atomic E-state index is 0.0437. The highest BCUT2D eigenvalue weighted by Crippen LogP contribution is 2.71. The number of Topliss-reactive ketones (excluding diaryl/α,β-unsaturated/α-hetero) is 1. The zero-order valence-electron chi connectivity index (χ0n) is 14.3. The fraction of sp³-hybridized carbons (Fsp3) is 0.944. The summed E-state index contributed by atoms with van der Waals surface area (Å²) in [6, 6.07) is 0. The highest BCUT2D eigenvalue weighted by atomic mass is 16.7. The zero-order chi connectivity index (χ0) is 15.5. The van der Waals surface area contributed by atoms with Gasteiger partial charge in [0.2, 0.25) is 0 Å². The van der Waals surface area contributed by atoms with Gasteiger partial charge in [-0.05, 0) is 30.6 Å². The summed E-state index contributed by atoms with van der Waals surface area (Å²) in [5.74, 6) is 0.407. The molecule has 0 radical (unpaired) electrons. The molecule has 21 heavy (non-hydrogen) atoms. The summed E-state index contributed by atoms with van der Waals surface area (Å²) in [6.07, 6.45) is 4.60. The van der Waals surface area contributed by atoms with Crippen LogP contribution in [-0.2, 0) is 14.3 Å². The van der Waals surface area contributed by atoms with Crippen molar-refractivity contribution in [1.82, 2.24) is 0 Å². The fourth-order valence-corrected chi connectivity index (χ4v) is 6.37. The van der Waals surface area contributed by atoms with E-state index in [-0.39, 0.29) is 16.2 Å². The molecule has 1 saturated heterocycles. The second kappa shape index (κ2) is 4.55. The van der Waals surface area contributed by atoms with Crippen LogP contribution in [0.4, 0.5) is 0 Å². The van der Waals surface area contributed by atoms with Crippen LogP contribution in [-0.4, -0.2) is 24.8 Å². The molecule has 2 unspecified atom stereocenters. The summed E-state index contributed by atoms with van der Waals surface area (Å²) in [6.45, 7) is 12.7. The first-order valence-corrected chi connectivity index (χ1v) is 8.55. The van der Waals surface area contributed by atoms with Crippen molar-refractivity contribution in [1.29, 1.82) is 0 Å². The van der Waals surface area contributed by atoms with Gasteiger partial charge in [-0.3, -0.25) is 4.79 Å². The Morgan fingerprint density at radius 3 is 2.19 bits per heavy atom. The fourth-order valence-electron chi connectivity index (χ4n) is 6.37. The average molecular weight is 294 g/mol. The summed E-state index contributed by atoms with van der Waals surface area (Å²) in [7, 11) is 0. The molecule has 1 spiro atoms. The average Bonchev–Trinajstić information content (AvgIpc) is 2.88. The van der Waals surface area contributed by atoms with Crippen LogP contribution in [0.3, 0.4) is 0 Å². The molecule has 0 N–H and O–H groups in total. The van der Waals surface area contributed by atoms with Crippen LogP contribution in [0.1, 0.15) is 66.7 Å². The topological polar surface area (TPSA) is 35.5 Å². The van der Waals surface area contributed by atoms with Crippen LogP contribution in [0.5, 0.6) is 0 Å². The number of ketones is 1. The van der Waals surface area contributed by atoms with Gasteiger partial charge in [0.05, 0.1) is 13.2 Å². The van der Waals surface area contributed by atoms with Gasteiger partial charge in [0.25, 0.3) is 0 Å². The lowest BCUT2D eigenvalue weighted by molar-refractivity contribution is -0.323. The predicted molar refractivity (Wildman–Crippen MR) is 81.9 cm³/mol. The quantitative estimate of drug-likeness (QED) is 0.734. The number of hydrogen-bond acceptors (Lipinski definition) is 3. The van der Waals surface area contributed by atoms with E-state index in [1.165, 1.54) is 0 Å². The highest BCUT2D eigenvalue weighted by molar-refractivity contribution is 5.86. The lowest BCUT2D eigenvalue weighted by Crippen LogP contribution is -2.69. The Hall–Kier alpha value is -0.410. The Labute approximate surface area is 128 Å². The minimum Gasteiger partial charge on any atom is -0.347 e. The van der Waals surface area contributed by atoms with E-state index >= 15 is 0 Å². The van der Waals surface area contributed by atoms with Gasteiger partial charge in [-0.25, -0.2) is 0 Å². The molecule has 0 bridgehead atoms. The largest absolute Gasteiger partial charge is 0.347 e. The molecular formula is C18H30O3. The molecule has 3 rings (SSSR count). The summed E-state index contributed by atoms with van der Waals surface area (Å²) >= 11 is 0. The summed E-state index contributed by atoms with van der Waals surface area (Å²) in [4.78, 5) is 12.9. The van der Waals surface area contributed by atoms with E-state index in [1.807, 2.05) is 0 Å². The maximum absolute atomic E-state index is 12.9. The van der Waals surface area contributed by atoms with Crippen molar-refractivity contribution in [2.24, 2.45) is 22.2 Å². The first kappa shape index (κ1) is 15.5. The molecule has 0 aromatic carbocycles. The van der Waals surface area contributed by atoms with Crippen LogP contribution in [0.25, 0.3) is 0 Å². The number of ether oxygens (including phenoxy) is 2. The molecule has 3 fully saturated rings. The van der Waals surface area contributed by atoms with Crippen molar-refractivity contribution in [2.75, 3.05) is 13.2 Å². The first-order valence-electron chi connectivity index (χ1n) is 8.55. The van der Waals surface area contributed by atoms with E-state index in [0.29, 0.717) is 24.9 Å². The second-order valence-electron chi connectivity index (χ2n) is 8.31. The second-order valence-corrected chi connectivity index (χ2v) is 8.31. The molecule has 2 aliphatic carbocycles. The van der Waals surface area contributed by atoms with Gasteiger partial charge in [-0.1, -0.05) is 34.6 Å². The van der Waals surface area contributed by atoms with E-state index in [9.17, 15) is 4.79 Å². The SMILES string of the molecule is CC(C)C12CCCC(=O)C1(C)CCC1(OCCO1)C2(C)C. The molecular weight excluding hydrogens is 264 g/mol. The lowest BCUT2D eigenvalue weighted by Gasteiger charge is -2.68. The van der Waals surface area contributed by atoms with Crippen LogP contribution < -0.4 is 0 Å². The molecule has 3 aliphatic rings.